The summed E-state index contributed by atoms with van der Waals surface area (Å²) < 4.78 is 7.06. The third-order valence-corrected chi connectivity index (χ3v) is 3.88. The summed E-state index contributed by atoms with van der Waals surface area (Å²) in [5.41, 5.74) is 2.70. The predicted molar refractivity (Wildman–Crippen MR) is 102 cm³/mol. The van der Waals surface area contributed by atoms with Crippen molar-refractivity contribution < 1.29 is 14.3 Å². The molecule has 2 aromatic carbocycles. The van der Waals surface area contributed by atoms with Crippen molar-refractivity contribution in [2.75, 3.05) is 19.0 Å². The van der Waals surface area contributed by atoms with Crippen molar-refractivity contribution in [2.45, 2.75) is 6.92 Å². The number of amides is 2. The molecule has 0 radical (unpaired) electrons. The van der Waals surface area contributed by atoms with Crippen LogP contribution in [0.4, 0.5) is 5.69 Å². The molecule has 7 nitrogen and oxygen atoms in total. The lowest BCUT2D eigenvalue weighted by molar-refractivity contribution is -0.122. The number of rotatable bonds is 6. The summed E-state index contributed by atoms with van der Waals surface area (Å²) in [6.07, 6.45) is 0. The van der Waals surface area contributed by atoms with Crippen LogP contribution in [0.15, 0.2) is 60.7 Å². The van der Waals surface area contributed by atoms with Gasteiger partial charge in [-0.25, -0.2) is 4.68 Å². The number of carbonyl (C=O) groups excluding carboxylic acids is 2. The zero-order valence-electron chi connectivity index (χ0n) is 15.1. The summed E-state index contributed by atoms with van der Waals surface area (Å²) in [4.78, 5) is 23.7. The molecule has 0 saturated carbocycles. The molecule has 0 bridgehead atoms. The van der Waals surface area contributed by atoms with Crippen LogP contribution in [0.5, 0.6) is 5.75 Å². The Labute approximate surface area is 157 Å². The fourth-order valence-electron chi connectivity index (χ4n) is 2.47. The normalized spacial score (nSPS) is 10.3. The molecule has 7 heteroatoms. The average molecular weight is 364 g/mol. The fraction of sp³-hybridized carbons (Fsp3) is 0.150. The first-order chi connectivity index (χ1) is 13.1. The molecular formula is C20H20N4O3. The number of nitrogens with zero attached hydrogens (tertiary/aromatic N) is 2. The first kappa shape index (κ1) is 18.2. The number of likely N-dealkylation sites (N-methyl/N-ethyl adjacent to an activating group) is 1. The van der Waals surface area contributed by atoms with Crippen molar-refractivity contribution in [2.24, 2.45) is 0 Å². The molecule has 0 unspecified atom stereocenters. The van der Waals surface area contributed by atoms with Crippen molar-refractivity contribution in [3.05, 3.63) is 72.1 Å². The second-order valence-corrected chi connectivity index (χ2v) is 5.86. The number of hydrogen-bond acceptors (Lipinski definition) is 4. The lowest BCUT2D eigenvalue weighted by atomic mass is 10.3. The van der Waals surface area contributed by atoms with Crippen molar-refractivity contribution in [3.63, 3.8) is 0 Å². The van der Waals surface area contributed by atoms with Crippen molar-refractivity contribution in [1.82, 2.24) is 15.1 Å². The maximum atomic E-state index is 12.5. The van der Waals surface area contributed by atoms with E-state index >= 15 is 0 Å². The van der Waals surface area contributed by atoms with Gasteiger partial charge in [0, 0.05) is 18.4 Å². The number of hydrogen-bond donors (Lipinski definition) is 2. The second-order valence-electron chi connectivity index (χ2n) is 5.86. The number of nitrogens with one attached hydrogen (secondary N) is 2. The Bertz CT molecular complexity index is 934. The number of anilines is 1. The standard InChI is InChI=1S/C20H20N4O3/c1-14-12-18(23-24(14)16-6-4-3-5-7-16)20(26)22-15-8-10-17(11-9-15)27-13-19(25)21-2/h3-12H,13H2,1-2H3,(H,21,25)(H,22,26). The molecule has 1 heterocycles. The van der Waals surface area contributed by atoms with Gasteiger partial charge in [-0.05, 0) is 49.4 Å². The number of benzene rings is 2. The van der Waals surface area contributed by atoms with E-state index in [1.165, 1.54) is 0 Å². The predicted octanol–water partition coefficient (Wildman–Crippen LogP) is 2.56. The molecule has 0 spiro atoms. The van der Waals surface area contributed by atoms with Crippen LogP contribution in [0.25, 0.3) is 5.69 Å². The van der Waals surface area contributed by atoms with Gasteiger partial charge in [-0.15, -0.1) is 0 Å². The van der Waals surface area contributed by atoms with Crippen molar-refractivity contribution in [3.8, 4) is 11.4 Å². The molecule has 138 valence electrons. The number of aromatic nitrogens is 2. The molecular weight excluding hydrogens is 344 g/mol. The van der Waals surface area contributed by atoms with E-state index in [0.29, 0.717) is 17.1 Å². The van der Waals surface area contributed by atoms with Gasteiger partial charge in [0.05, 0.1) is 5.69 Å². The van der Waals surface area contributed by atoms with Gasteiger partial charge in [0.2, 0.25) is 0 Å². The Hall–Kier alpha value is -3.61. The highest BCUT2D eigenvalue weighted by molar-refractivity contribution is 6.03. The van der Waals surface area contributed by atoms with E-state index in [0.717, 1.165) is 11.4 Å². The van der Waals surface area contributed by atoms with E-state index < -0.39 is 0 Å². The van der Waals surface area contributed by atoms with Gasteiger partial charge in [-0.2, -0.15) is 5.10 Å². The summed E-state index contributed by atoms with van der Waals surface area (Å²) in [6.45, 7) is 1.84. The minimum absolute atomic E-state index is 0.0571. The van der Waals surface area contributed by atoms with Crippen LogP contribution >= 0.6 is 0 Å². The smallest absolute Gasteiger partial charge is 0.276 e. The zero-order valence-corrected chi connectivity index (χ0v) is 15.1. The topological polar surface area (TPSA) is 85.3 Å². The molecule has 0 fully saturated rings. The van der Waals surface area contributed by atoms with E-state index in [9.17, 15) is 9.59 Å². The van der Waals surface area contributed by atoms with Crippen LogP contribution in [0.3, 0.4) is 0 Å². The van der Waals surface area contributed by atoms with Crippen molar-refractivity contribution >= 4 is 17.5 Å². The SMILES string of the molecule is CNC(=O)COc1ccc(NC(=O)c2cc(C)n(-c3ccccc3)n2)cc1. The summed E-state index contributed by atoms with van der Waals surface area (Å²) >= 11 is 0. The van der Waals surface area contributed by atoms with Gasteiger partial charge in [-0.3, -0.25) is 9.59 Å². The summed E-state index contributed by atoms with van der Waals surface area (Å²) in [7, 11) is 1.55. The Kier molecular flexibility index (Phi) is 5.51. The van der Waals surface area contributed by atoms with Gasteiger partial charge in [-0.1, -0.05) is 18.2 Å². The maximum Gasteiger partial charge on any atom is 0.276 e. The third kappa shape index (κ3) is 4.52. The molecule has 27 heavy (non-hydrogen) atoms. The van der Waals surface area contributed by atoms with Gasteiger partial charge >= 0.3 is 0 Å². The number of para-hydroxylation sites is 1. The Morgan fingerprint density at radius 3 is 2.44 bits per heavy atom. The minimum atomic E-state index is -0.299. The zero-order chi connectivity index (χ0) is 19.2. The lowest BCUT2D eigenvalue weighted by Crippen LogP contribution is -2.24. The monoisotopic (exact) mass is 364 g/mol. The highest BCUT2D eigenvalue weighted by atomic mass is 16.5. The van der Waals surface area contributed by atoms with Gasteiger partial charge in [0.25, 0.3) is 11.8 Å². The average Bonchev–Trinajstić information content (AvgIpc) is 3.09. The quantitative estimate of drug-likeness (QED) is 0.704. The third-order valence-electron chi connectivity index (χ3n) is 3.88. The molecule has 2 amide bonds. The lowest BCUT2D eigenvalue weighted by Gasteiger charge is -2.07. The molecule has 3 aromatic rings. The van der Waals surface area contributed by atoms with Crippen molar-refractivity contribution in [1.29, 1.82) is 0 Å². The molecule has 0 aliphatic carbocycles. The van der Waals surface area contributed by atoms with E-state index in [2.05, 4.69) is 15.7 Å². The van der Waals surface area contributed by atoms with Crippen LogP contribution in [-0.4, -0.2) is 35.2 Å². The van der Waals surface area contributed by atoms with Crippen LogP contribution in [0.1, 0.15) is 16.2 Å². The fourth-order valence-corrected chi connectivity index (χ4v) is 2.47. The first-order valence-corrected chi connectivity index (χ1v) is 8.43. The second kappa shape index (κ2) is 8.18. The highest BCUT2D eigenvalue weighted by Gasteiger charge is 2.13. The van der Waals surface area contributed by atoms with Crippen LogP contribution < -0.4 is 15.4 Å². The number of carbonyl (C=O) groups is 2. The summed E-state index contributed by atoms with van der Waals surface area (Å²) in [5.74, 6) is 0.0318. The van der Waals surface area contributed by atoms with E-state index in [4.69, 9.17) is 4.74 Å². The Morgan fingerprint density at radius 1 is 1.07 bits per heavy atom. The van der Waals surface area contributed by atoms with E-state index in [-0.39, 0.29) is 18.4 Å². The Balaban J connectivity index is 1.66. The molecule has 1 aromatic heterocycles. The van der Waals surface area contributed by atoms with Gasteiger partial charge < -0.3 is 15.4 Å². The van der Waals surface area contributed by atoms with Gasteiger partial charge in [0.15, 0.2) is 12.3 Å². The first-order valence-electron chi connectivity index (χ1n) is 8.43. The number of ether oxygens (including phenoxy) is 1. The minimum Gasteiger partial charge on any atom is -0.484 e. The van der Waals surface area contributed by atoms with E-state index in [1.54, 1.807) is 42.1 Å². The molecule has 0 saturated heterocycles. The molecule has 0 aliphatic rings. The molecule has 0 aliphatic heterocycles. The van der Waals surface area contributed by atoms with E-state index in [1.807, 2.05) is 37.3 Å². The summed E-state index contributed by atoms with van der Waals surface area (Å²) in [5, 5.41) is 9.67. The van der Waals surface area contributed by atoms with Crippen LogP contribution in [0.2, 0.25) is 0 Å². The highest BCUT2D eigenvalue weighted by Crippen LogP contribution is 2.17. The van der Waals surface area contributed by atoms with Crippen LogP contribution in [0, 0.1) is 6.92 Å². The summed E-state index contributed by atoms with van der Waals surface area (Å²) in [6, 6.07) is 18.2. The van der Waals surface area contributed by atoms with Crippen LogP contribution in [-0.2, 0) is 4.79 Å². The molecule has 0 atom stereocenters. The Morgan fingerprint density at radius 2 is 1.78 bits per heavy atom. The molecule has 3 rings (SSSR count). The maximum absolute atomic E-state index is 12.5. The molecule has 2 N–H and O–H groups in total. The van der Waals surface area contributed by atoms with Gasteiger partial charge in [0.1, 0.15) is 5.75 Å². The number of aryl methyl sites for hydroxylation is 1. The largest absolute Gasteiger partial charge is 0.484 e.